The normalized spacial score (nSPS) is 28.8. The molecule has 5 atom stereocenters. The van der Waals surface area contributed by atoms with E-state index >= 15 is 0 Å². The third kappa shape index (κ3) is 4.66. The Kier molecular flexibility index (Phi) is 7.10. The molecule has 5 unspecified atom stereocenters. The van der Waals surface area contributed by atoms with Crippen LogP contribution in [0.4, 0.5) is 0 Å². The molecule has 1 amide bonds. The lowest BCUT2D eigenvalue weighted by molar-refractivity contribution is -0.130. The Morgan fingerprint density at radius 1 is 1.28 bits per heavy atom. The number of carbonyl (C=O) groups excluding carboxylic acids is 2. The standard InChI is InChI=1S/C24H33N3O5/c1-25-22(29)20-11-15-7-3-4-8-16(15)12-27(20)13-21(28)19-14-32-23(26-19)17-9-5-6-10-18(17)24(30)31-2/h5-6,9-10,15-16,19-21,28H,3-4,7-8,11-14H2,1-2H3,(H,25,29). The van der Waals surface area contributed by atoms with Crippen molar-refractivity contribution in [1.82, 2.24) is 10.2 Å². The molecule has 0 aromatic heterocycles. The minimum Gasteiger partial charge on any atom is -0.475 e. The number of likely N-dealkylation sites (tertiary alicyclic amines) is 1. The number of rotatable bonds is 6. The van der Waals surface area contributed by atoms with Gasteiger partial charge in [-0.2, -0.15) is 0 Å². The summed E-state index contributed by atoms with van der Waals surface area (Å²) in [6, 6.07) is 6.31. The average molecular weight is 444 g/mol. The van der Waals surface area contributed by atoms with Crippen molar-refractivity contribution in [3.05, 3.63) is 35.4 Å². The molecule has 1 aromatic rings. The number of aliphatic hydroxyl groups excluding tert-OH is 1. The Morgan fingerprint density at radius 3 is 2.78 bits per heavy atom. The molecular weight excluding hydrogens is 410 g/mol. The van der Waals surface area contributed by atoms with Gasteiger partial charge in [0.05, 0.1) is 30.4 Å². The molecule has 1 saturated heterocycles. The lowest BCUT2D eigenvalue weighted by Gasteiger charge is -2.46. The first kappa shape index (κ1) is 22.7. The highest BCUT2D eigenvalue weighted by Crippen LogP contribution is 2.38. The van der Waals surface area contributed by atoms with Crippen molar-refractivity contribution >= 4 is 17.8 Å². The van der Waals surface area contributed by atoms with Crippen LogP contribution < -0.4 is 5.32 Å². The van der Waals surface area contributed by atoms with Gasteiger partial charge < -0.3 is 19.9 Å². The van der Waals surface area contributed by atoms with Gasteiger partial charge in [0.2, 0.25) is 11.8 Å². The Labute approximate surface area is 189 Å². The fourth-order valence-corrected chi connectivity index (χ4v) is 5.39. The summed E-state index contributed by atoms with van der Waals surface area (Å²) in [4.78, 5) is 31.4. The molecule has 2 aliphatic heterocycles. The van der Waals surface area contributed by atoms with Gasteiger partial charge in [0.25, 0.3) is 0 Å². The van der Waals surface area contributed by atoms with E-state index in [1.807, 2.05) is 0 Å². The summed E-state index contributed by atoms with van der Waals surface area (Å²) < 4.78 is 10.6. The van der Waals surface area contributed by atoms with Crippen molar-refractivity contribution in [2.45, 2.75) is 50.3 Å². The maximum Gasteiger partial charge on any atom is 0.338 e. The molecule has 2 heterocycles. The van der Waals surface area contributed by atoms with E-state index < -0.39 is 18.1 Å². The Balaban J connectivity index is 1.47. The number of hydrogen-bond donors (Lipinski definition) is 2. The van der Waals surface area contributed by atoms with Gasteiger partial charge >= 0.3 is 5.97 Å². The van der Waals surface area contributed by atoms with Gasteiger partial charge in [-0.25, -0.2) is 9.79 Å². The number of β-amino-alcohol motifs (C(OH)–C–C–N with tert-alkyl or cyclic N) is 1. The Morgan fingerprint density at radius 2 is 2.03 bits per heavy atom. The van der Waals surface area contributed by atoms with E-state index in [2.05, 4.69) is 15.2 Å². The summed E-state index contributed by atoms with van der Waals surface area (Å²) in [7, 11) is 3.01. The van der Waals surface area contributed by atoms with Crippen molar-refractivity contribution in [3.8, 4) is 0 Å². The number of esters is 1. The molecule has 8 nitrogen and oxygen atoms in total. The minimum absolute atomic E-state index is 0.0140. The highest BCUT2D eigenvalue weighted by atomic mass is 16.5. The number of carbonyl (C=O) groups is 2. The zero-order chi connectivity index (χ0) is 22.7. The second kappa shape index (κ2) is 10.0. The molecule has 4 rings (SSSR count). The molecule has 1 aromatic carbocycles. The van der Waals surface area contributed by atoms with Crippen LogP contribution in [0.3, 0.4) is 0 Å². The van der Waals surface area contributed by atoms with Crippen LogP contribution in [-0.4, -0.2) is 79.8 Å². The number of benzene rings is 1. The smallest absolute Gasteiger partial charge is 0.338 e. The van der Waals surface area contributed by atoms with Crippen LogP contribution in [0, 0.1) is 11.8 Å². The van der Waals surface area contributed by atoms with Crippen LogP contribution in [0.15, 0.2) is 29.3 Å². The van der Waals surface area contributed by atoms with Crippen LogP contribution in [0.25, 0.3) is 0 Å². The number of nitrogens with zero attached hydrogens (tertiary/aromatic N) is 2. The van der Waals surface area contributed by atoms with E-state index in [-0.39, 0.29) is 18.6 Å². The molecule has 2 fully saturated rings. The summed E-state index contributed by atoms with van der Waals surface area (Å²) in [6.45, 7) is 1.43. The number of aliphatic imine (C=N–C) groups is 1. The summed E-state index contributed by atoms with van der Waals surface area (Å²) in [5.41, 5.74) is 0.934. The molecule has 32 heavy (non-hydrogen) atoms. The van der Waals surface area contributed by atoms with Gasteiger partial charge in [-0.05, 0) is 36.8 Å². The van der Waals surface area contributed by atoms with Crippen LogP contribution in [0.5, 0.6) is 0 Å². The number of piperidine rings is 1. The number of aliphatic hydroxyl groups is 1. The topological polar surface area (TPSA) is 100 Å². The largest absolute Gasteiger partial charge is 0.475 e. The molecular formula is C24H33N3O5. The highest BCUT2D eigenvalue weighted by Gasteiger charge is 2.41. The van der Waals surface area contributed by atoms with Gasteiger partial charge in [-0.15, -0.1) is 0 Å². The lowest BCUT2D eigenvalue weighted by Crippen LogP contribution is -2.56. The van der Waals surface area contributed by atoms with Crippen molar-refractivity contribution in [3.63, 3.8) is 0 Å². The van der Waals surface area contributed by atoms with Crippen LogP contribution in [0.2, 0.25) is 0 Å². The molecule has 0 bridgehead atoms. The predicted octanol–water partition coefficient (Wildman–Crippen LogP) is 1.61. The predicted molar refractivity (Wildman–Crippen MR) is 120 cm³/mol. The van der Waals surface area contributed by atoms with E-state index in [1.54, 1.807) is 31.3 Å². The number of likely N-dealkylation sites (N-methyl/N-ethyl adjacent to an activating group) is 1. The fraction of sp³-hybridized carbons (Fsp3) is 0.625. The average Bonchev–Trinajstić information content (AvgIpc) is 3.33. The van der Waals surface area contributed by atoms with Crippen LogP contribution in [-0.2, 0) is 14.3 Å². The first-order valence-corrected chi connectivity index (χ1v) is 11.5. The van der Waals surface area contributed by atoms with Crippen LogP contribution >= 0.6 is 0 Å². The van der Waals surface area contributed by atoms with Gasteiger partial charge in [-0.1, -0.05) is 31.4 Å². The maximum atomic E-state index is 12.6. The molecule has 1 aliphatic carbocycles. The number of methoxy groups -OCH3 is 1. The number of amides is 1. The summed E-state index contributed by atoms with van der Waals surface area (Å²) in [5, 5.41) is 13.8. The van der Waals surface area contributed by atoms with Crippen molar-refractivity contribution in [2.75, 3.05) is 33.9 Å². The third-order valence-electron chi connectivity index (χ3n) is 7.15. The Hall–Kier alpha value is -2.45. The number of nitrogens with one attached hydrogen (secondary N) is 1. The summed E-state index contributed by atoms with van der Waals surface area (Å²) in [6.07, 6.45) is 4.94. The van der Waals surface area contributed by atoms with Gasteiger partial charge in [0, 0.05) is 20.1 Å². The van der Waals surface area contributed by atoms with Gasteiger partial charge in [0.1, 0.15) is 12.6 Å². The van der Waals surface area contributed by atoms with Crippen molar-refractivity contribution in [2.24, 2.45) is 16.8 Å². The second-order valence-corrected chi connectivity index (χ2v) is 9.04. The lowest BCUT2D eigenvalue weighted by atomic mass is 9.72. The van der Waals surface area contributed by atoms with Crippen molar-refractivity contribution in [1.29, 1.82) is 0 Å². The molecule has 8 heteroatoms. The quantitative estimate of drug-likeness (QED) is 0.648. The number of hydrogen-bond acceptors (Lipinski definition) is 7. The number of fused-ring (bicyclic) bond motifs is 1. The summed E-state index contributed by atoms with van der Waals surface area (Å²) >= 11 is 0. The van der Waals surface area contributed by atoms with Gasteiger partial charge in [-0.3, -0.25) is 9.69 Å². The molecule has 2 N–H and O–H groups in total. The van der Waals surface area contributed by atoms with Gasteiger partial charge in [0.15, 0.2) is 0 Å². The zero-order valence-electron chi connectivity index (χ0n) is 18.8. The van der Waals surface area contributed by atoms with E-state index in [9.17, 15) is 14.7 Å². The third-order valence-corrected chi connectivity index (χ3v) is 7.15. The second-order valence-electron chi connectivity index (χ2n) is 9.04. The molecule has 3 aliphatic rings. The molecule has 1 saturated carbocycles. The minimum atomic E-state index is -0.773. The maximum absolute atomic E-state index is 12.6. The Bertz CT molecular complexity index is 873. The molecule has 0 radical (unpaired) electrons. The summed E-state index contributed by atoms with van der Waals surface area (Å²) in [5.74, 6) is 1.07. The van der Waals surface area contributed by atoms with Crippen molar-refractivity contribution < 1.29 is 24.2 Å². The van der Waals surface area contributed by atoms with E-state index in [4.69, 9.17) is 9.47 Å². The van der Waals surface area contributed by atoms with E-state index in [0.29, 0.717) is 35.4 Å². The van der Waals surface area contributed by atoms with E-state index in [1.165, 1.54) is 32.8 Å². The fourth-order valence-electron chi connectivity index (χ4n) is 5.39. The highest BCUT2D eigenvalue weighted by molar-refractivity contribution is 6.05. The number of ether oxygens (including phenoxy) is 2. The SMILES string of the molecule is CNC(=O)C1CC2CCCCC2CN1CC(O)C1COC(c2ccccc2C(=O)OC)=N1. The zero-order valence-corrected chi connectivity index (χ0v) is 18.8. The monoisotopic (exact) mass is 443 g/mol. The first-order valence-electron chi connectivity index (χ1n) is 11.5. The molecule has 174 valence electrons. The first-order chi connectivity index (χ1) is 15.5. The molecule has 0 spiro atoms. The van der Waals surface area contributed by atoms with Crippen LogP contribution in [0.1, 0.15) is 48.0 Å². The van der Waals surface area contributed by atoms with E-state index in [0.717, 1.165) is 13.0 Å².